The highest BCUT2D eigenvalue weighted by molar-refractivity contribution is 6.10. The summed E-state index contributed by atoms with van der Waals surface area (Å²) in [5, 5.41) is 24.1. The van der Waals surface area contributed by atoms with Crippen LogP contribution in [0, 0.1) is 33.5 Å². The topological polar surface area (TPSA) is 96.3 Å². The Labute approximate surface area is 326 Å². The number of ether oxygens (including phenoxy) is 2. The van der Waals surface area contributed by atoms with Gasteiger partial charge in [0.1, 0.15) is 0 Å². The quantitative estimate of drug-likeness (QED) is 0.151. The minimum absolute atomic E-state index is 0.00481. The number of aliphatic hydroxyl groups excluding tert-OH is 1. The van der Waals surface area contributed by atoms with Gasteiger partial charge in [0.25, 0.3) is 0 Å². The maximum absolute atomic E-state index is 15.1. The molecular weight excluding hydrogens is 687 g/mol. The van der Waals surface area contributed by atoms with Crippen LogP contribution in [0.2, 0.25) is 0 Å². The molecule has 1 unspecified atom stereocenters. The van der Waals surface area contributed by atoms with Crippen LogP contribution in [0.1, 0.15) is 88.1 Å². The Morgan fingerprint density at radius 3 is 2.20 bits per heavy atom. The van der Waals surface area contributed by atoms with Crippen molar-refractivity contribution in [2.75, 3.05) is 27.3 Å². The van der Waals surface area contributed by atoms with Crippen LogP contribution < -0.4 is 9.47 Å². The molecule has 2 N–H and O–H groups in total. The molecule has 1 amide bonds. The number of nitrogens with zero attached hydrogens (tertiary/aromatic N) is 1. The minimum atomic E-state index is -1.13. The summed E-state index contributed by atoms with van der Waals surface area (Å²) in [6, 6.07) is 23.8. The summed E-state index contributed by atoms with van der Waals surface area (Å²) in [6.45, 7) is 7.53. The van der Waals surface area contributed by atoms with Crippen molar-refractivity contribution in [3.63, 3.8) is 0 Å². The number of carbonyl (C=O) groups is 2. The SMILES string of the molecule is CCCN(C[C@]1(O)CC[C@H]2[C@]34C=C[C@@]5(C=C3C(=O)c3ccc(-c6ccccc6)cc3)CC(O)CC[C@]5(C)[C@H]4CC[C@@]21C)C(=O)Cc1ccc(OC)c(OC)c1. The van der Waals surface area contributed by atoms with E-state index in [4.69, 9.17) is 9.47 Å². The first-order chi connectivity index (χ1) is 26.4. The minimum Gasteiger partial charge on any atom is -0.493 e. The molecule has 3 aromatic carbocycles. The molecule has 2 bridgehead atoms. The van der Waals surface area contributed by atoms with E-state index in [2.05, 4.69) is 51.1 Å². The van der Waals surface area contributed by atoms with Crippen molar-refractivity contribution in [1.29, 1.82) is 0 Å². The number of methoxy groups -OCH3 is 2. The fourth-order valence-electron chi connectivity index (χ4n) is 12.4. The summed E-state index contributed by atoms with van der Waals surface area (Å²) >= 11 is 0. The predicted octanol–water partition coefficient (Wildman–Crippen LogP) is 8.63. The van der Waals surface area contributed by atoms with E-state index in [1.54, 1.807) is 14.2 Å². The van der Waals surface area contributed by atoms with Crippen molar-refractivity contribution in [3.8, 4) is 22.6 Å². The van der Waals surface area contributed by atoms with E-state index in [-0.39, 0.29) is 41.9 Å². The third-order valence-electron chi connectivity index (χ3n) is 15.3. The molecule has 0 aliphatic heterocycles. The molecule has 2 spiro atoms. The van der Waals surface area contributed by atoms with E-state index >= 15 is 4.79 Å². The monoisotopic (exact) mass is 743 g/mol. The first-order valence-electron chi connectivity index (χ1n) is 20.4. The molecule has 55 heavy (non-hydrogen) atoms. The second-order valence-corrected chi connectivity index (χ2v) is 17.8. The Balaban J connectivity index is 1.15. The van der Waals surface area contributed by atoms with E-state index < -0.39 is 27.9 Å². The second kappa shape index (κ2) is 13.8. The predicted molar refractivity (Wildman–Crippen MR) is 215 cm³/mol. The van der Waals surface area contributed by atoms with E-state index in [0.29, 0.717) is 36.4 Å². The number of ketones is 1. The van der Waals surface area contributed by atoms with Crippen LogP contribution in [0.5, 0.6) is 11.5 Å². The third-order valence-corrected chi connectivity index (χ3v) is 15.3. The van der Waals surface area contributed by atoms with E-state index in [1.807, 2.05) is 65.6 Å². The molecule has 0 heterocycles. The molecule has 7 nitrogen and oxygen atoms in total. The highest BCUT2D eigenvalue weighted by Gasteiger charge is 2.74. The van der Waals surface area contributed by atoms with Gasteiger partial charge in [0.05, 0.1) is 32.3 Å². The summed E-state index contributed by atoms with van der Waals surface area (Å²) < 4.78 is 10.9. The van der Waals surface area contributed by atoms with Crippen LogP contribution in [0.3, 0.4) is 0 Å². The number of rotatable bonds is 11. The molecule has 3 saturated carbocycles. The highest BCUT2D eigenvalue weighted by atomic mass is 16.5. The molecule has 6 aliphatic carbocycles. The number of aliphatic hydroxyl groups is 2. The van der Waals surface area contributed by atoms with E-state index in [9.17, 15) is 15.0 Å². The maximum Gasteiger partial charge on any atom is 0.227 e. The maximum atomic E-state index is 15.1. The van der Waals surface area contributed by atoms with E-state index in [1.165, 1.54) is 0 Å². The van der Waals surface area contributed by atoms with E-state index in [0.717, 1.165) is 60.8 Å². The largest absolute Gasteiger partial charge is 0.493 e. The molecule has 0 saturated heterocycles. The molecular formula is C48H57NO6. The lowest BCUT2D eigenvalue weighted by Gasteiger charge is -2.71. The molecule has 3 fully saturated rings. The second-order valence-electron chi connectivity index (χ2n) is 17.8. The van der Waals surface area contributed by atoms with Gasteiger partial charge >= 0.3 is 0 Å². The molecule has 3 aromatic rings. The smallest absolute Gasteiger partial charge is 0.227 e. The van der Waals surface area contributed by atoms with Crippen molar-refractivity contribution >= 4 is 11.7 Å². The zero-order valence-corrected chi connectivity index (χ0v) is 33.1. The number of carbonyl (C=O) groups excluding carboxylic acids is 2. The van der Waals surface area contributed by atoms with Gasteiger partial charge in [-0.2, -0.15) is 0 Å². The van der Waals surface area contributed by atoms with Gasteiger partial charge in [-0.15, -0.1) is 0 Å². The molecule has 7 heteroatoms. The summed E-state index contributed by atoms with van der Waals surface area (Å²) in [6.07, 6.45) is 12.9. The van der Waals surface area contributed by atoms with Crippen molar-refractivity contribution in [1.82, 2.24) is 4.90 Å². The third kappa shape index (κ3) is 5.66. The molecule has 290 valence electrons. The molecule has 0 radical (unpaired) electrons. The standard InChI is InChI=1S/C48H57NO6/c1-6-26-49(42(51)28-32-12-17-38(54-4)39(27-32)55-5)31-47(53)23-20-41-45(47,3)22-19-40-44(2)21-18-36(50)29-46(44)24-25-48(40,41)37(30-46)43(52)35-15-13-34(14-16-35)33-10-8-7-9-11-33/h7-17,24-25,27,30,36,40-41,50,53H,6,18-23,26,28-29,31H2,1-5H3/t36?,40-,41-,44-,45+,46+,47-,48-/m1/s1. The zero-order chi connectivity index (χ0) is 38.8. The molecule has 6 aliphatic rings. The number of hydrogen-bond donors (Lipinski definition) is 2. The molecule has 9 rings (SSSR count). The van der Waals surface area contributed by atoms with Crippen LogP contribution in [-0.2, 0) is 11.2 Å². The Kier molecular flexibility index (Phi) is 9.44. The number of Topliss-reactive ketones (excluding diaryl/α,β-unsaturated/α-hetero) is 1. The number of hydrogen-bond acceptors (Lipinski definition) is 6. The van der Waals surface area contributed by atoms with Gasteiger partial charge in [-0.05, 0) is 97.4 Å². The Morgan fingerprint density at radius 2 is 1.49 bits per heavy atom. The van der Waals surface area contributed by atoms with Crippen LogP contribution in [0.25, 0.3) is 11.1 Å². The van der Waals surface area contributed by atoms with Crippen molar-refractivity contribution in [3.05, 3.63) is 108 Å². The van der Waals surface area contributed by atoms with Crippen LogP contribution in [0.15, 0.2) is 96.6 Å². The number of fused-ring (bicyclic) bond motifs is 1. The summed E-state index contributed by atoms with van der Waals surface area (Å²) in [7, 11) is 3.19. The van der Waals surface area contributed by atoms with Gasteiger partial charge in [-0.1, -0.05) is 99.7 Å². The van der Waals surface area contributed by atoms with Crippen LogP contribution in [-0.4, -0.2) is 65.8 Å². The summed E-state index contributed by atoms with van der Waals surface area (Å²) in [5.74, 6) is 1.43. The average Bonchev–Trinajstić information content (AvgIpc) is 3.47. The van der Waals surface area contributed by atoms with Gasteiger partial charge in [-0.3, -0.25) is 9.59 Å². The number of allylic oxidation sites excluding steroid dienone is 4. The Bertz CT molecular complexity index is 2020. The van der Waals surface area contributed by atoms with Gasteiger partial charge in [-0.25, -0.2) is 0 Å². The van der Waals surface area contributed by atoms with Crippen molar-refractivity contribution < 1.29 is 29.3 Å². The van der Waals surface area contributed by atoms with Crippen molar-refractivity contribution in [2.24, 2.45) is 33.5 Å². The lowest BCUT2D eigenvalue weighted by Crippen LogP contribution is -2.67. The Morgan fingerprint density at radius 1 is 0.818 bits per heavy atom. The zero-order valence-electron chi connectivity index (χ0n) is 33.1. The summed E-state index contributed by atoms with van der Waals surface area (Å²) in [5.41, 5.74) is 1.77. The average molecular weight is 744 g/mol. The highest BCUT2D eigenvalue weighted by Crippen LogP contribution is 2.78. The lowest BCUT2D eigenvalue weighted by molar-refractivity contribution is -0.178. The summed E-state index contributed by atoms with van der Waals surface area (Å²) in [4.78, 5) is 31.1. The van der Waals surface area contributed by atoms with Gasteiger partial charge in [0.2, 0.25) is 5.91 Å². The van der Waals surface area contributed by atoms with Gasteiger partial charge in [0.15, 0.2) is 17.3 Å². The number of benzene rings is 3. The first kappa shape index (κ1) is 37.7. The number of amides is 1. The van der Waals surface area contributed by atoms with Crippen molar-refractivity contribution in [2.45, 2.75) is 90.3 Å². The van der Waals surface area contributed by atoms with Crippen LogP contribution >= 0.6 is 0 Å². The lowest BCUT2D eigenvalue weighted by atomic mass is 9.32. The first-order valence-corrected chi connectivity index (χ1v) is 20.4. The Hall–Kier alpha value is -4.20. The molecule has 0 aromatic heterocycles. The van der Waals surface area contributed by atoms with Gasteiger partial charge < -0.3 is 24.6 Å². The normalized spacial score (nSPS) is 34.2. The molecule has 8 atom stereocenters. The fourth-order valence-corrected chi connectivity index (χ4v) is 12.4. The van der Waals surface area contributed by atoms with Gasteiger partial charge in [0, 0.05) is 40.5 Å². The van der Waals surface area contributed by atoms with Crippen LogP contribution in [0.4, 0.5) is 0 Å². The fraction of sp³-hybridized carbons (Fsp3) is 0.500.